The first-order valence-electron chi connectivity index (χ1n) is 5.40. The van der Waals surface area contributed by atoms with Gasteiger partial charge in [0.2, 0.25) is 5.91 Å². The van der Waals surface area contributed by atoms with Gasteiger partial charge in [-0.25, -0.2) is 8.42 Å². The molecule has 16 heavy (non-hydrogen) atoms. The van der Waals surface area contributed by atoms with Crippen LogP contribution in [0, 0.1) is 0 Å². The minimum atomic E-state index is -3.14. The first-order valence-corrected chi connectivity index (χ1v) is 7.22. The van der Waals surface area contributed by atoms with Gasteiger partial charge in [-0.2, -0.15) is 0 Å². The Labute approximate surface area is 95.7 Å². The largest absolute Gasteiger partial charge is 0.370 e. The molecule has 0 aromatic carbocycles. The van der Waals surface area contributed by atoms with Gasteiger partial charge in [-0.1, -0.05) is 0 Å². The molecular weight excluding hydrogens is 232 g/mol. The number of nitrogens with two attached hydrogens (primary N) is 1. The number of quaternary nitrogens is 1. The number of rotatable bonds is 6. The molecule has 0 radical (unpaired) electrons. The smallest absolute Gasteiger partial charge is 0.218 e. The Hall–Kier alpha value is -0.660. The second-order valence-electron chi connectivity index (χ2n) is 3.98. The average Bonchev–Trinajstić information content (AvgIpc) is 2.26. The van der Waals surface area contributed by atoms with E-state index in [4.69, 9.17) is 10.5 Å². The van der Waals surface area contributed by atoms with Gasteiger partial charge in [0.25, 0.3) is 0 Å². The monoisotopic (exact) mass is 251 g/mol. The minimum Gasteiger partial charge on any atom is -0.370 e. The molecule has 0 bridgehead atoms. The van der Waals surface area contributed by atoms with Crippen LogP contribution in [0.25, 0.3) is 0 Å². The van der Waals surface area contributed by atoms with Crippen LogP contribution in [0.5, 0.6) is 0 Å². The van der Waals surface area contributed by atoms with Crippen LogP contribution in [0.2, 0.25) is 0 Å². The number of carbonyl (C=O) groups is 1. The first kappa shape index (κ1) is 13.4. The van der Waals surface area contributed by atoms with Crippen molar-refractivity contribution in [3.05, 3.63) is 0 Å². The summed E-state index contributed by atoms with van der Waals surface area (Å²) in [4.78, 5) is 11.7. The van der Waals surface area contributed by atoms with Crippen molar-refractivity contribution in [3.8, 4) is 0 Å². The minimum absolute atomic E-state index is 0.0826. The average molecular weight is 251 g/mol. The number of ether oxygens (including phenoxy) is 1. The van der Waals surface area contributed by atoms with E-state index in [0.717, 1.165) is 13.1 Å². The van der Waals surface area contributed by atoms with Gasteiger partial charge in [-0.05, 0) is 0 Å². The van der Waals surface area contributed by atoms with Gasteiger partial charge in [0, 0.05) is 6.42 Å². The van der Waals surface area contributed by atoms with Crippen LogP contribution in [0.1, 0.15) is 6.42 Å². The molecule has 7 heteroatoms. The van der Waals surface area contributed by atoms with E-state index >= 15 is 0 Å². The SMILES string of the molecule is NC(=O)CCS(=O)(=O)CC[NH+]1CCOCC1. The maximum Gasteiger partial charge on any atom is 0.218 e. The fourth-order valence-electron chi connectivity index (χ4n) is 1.57. The third kappa shape index (κ3) is 5.43. The maximum atomic E-state index is 11.5. The topological polar surface area (TPSA) is 90.9 Å². The number of nitrogens with one attached hydrogen (secondary N) is 1. The van der Waals surface area contributed by atoms with Crippen molar-refractivity contribution in [2.45, 2.75) is 6.42 Å². The van der Waals surface area contributed by atoms with Crippen molar-refractivity contribution in [2.75, 3.05) is 44.4 Å². The van der Waals surface area contributed by atoms with Crippen molar-refractivity contribution in [3.63, 3.8) is 0 Å². The molecule has 3 N–H and O–H groups in total. The molecule has 0 aliphatic carbocycles. The van der Waals surface area contributed by atoms with E-state index in [1.54, 1.807) is 0 Å². The number of hydrogen-bond donors (Lipinski definition) is 2. The predicted octanol–water partition coefficient (Wildman–Crippen LogP) is -2.81. The number of carbonyl (C=O) groups excluding carboxylic acids is 1. The second-order valence-corrected chi connectivity index (χ2v) is 6.28. The number of amides is 1. The van der Waals surface area contributed by atoms with Crippen LogP contribution >= 0.6 is 0 Å². The summed E-state index contributed by atoms with van der Waals surface area (Å²) in [6, 6.07) is 0. The zero-order valence-electron chi connectivity index (χ0n) is 9.28. The van der Waals surface area contributed by atoms with E-state index in [2.05, 4.69) is 0 Å². The van der Waals surface area contributed by atoms with Crippen LogP contribution < -0.4 is 10.6 Å². The van der Waals surface area contributed by atoms with Crippen LogP contribution in [0.4, 0.5) is 0 Å². The molecule has 0 unspecified atom stereocenters. The van der Waals surface area contributed by atoms with Crippen LogP contribution in [0.3, 0.4) is 0 Å². The zero-order valence-corrected chi connectivity index (χ0v) is 10.1. The lowest BCUT2D eigenvalue weighted by Crippen LogP contribution is -3.14. The van der Waals surface area contributed by atoms with Gasteiger partial charge in [-0.3, -0.25) is 4.79 Å². The molecule has 0 saturated carbocycles. The molecule has 1 amide bonds. The maximum absolute atomic E-state index is 11.5. The Morgan fingerprint density at radius 3 is 2.44 bits per heavy atom. The molecular formula is C9H19N2O4S+. The highest BCUT2D eigenvalue weighted by molar-refractivity contribution is 7.91. The Morgan fingerprint density at radius 1 is 1.25 bits per heavy atom. The lowest BCUT2D eigenvalue weighted by Gasteiger charge is -2.23. The number of sulfone groups is 1. The lowest BCUT2D eigenvalue weighted by molar-refractivity contribution is -0.905. The van der Waals surface area contributed by atoms with Gasteiger partial charge in [0.15, 0.2) is 9.84 Å². The Morgan fingerprint density at radius 2 is 1.88 bits per heavy atom. The first-order chi connectivity index (χ1) is 7.49. The molecule has 1 fully saturated rings. The summed E-state index contributed by atoms with van der Waals surface area (Å²) in [5.41, 5.74) is 4.91. The molecule has 1 rings (SSSR count). The van der Waals surface area contributed by atoms with E-state index in [1.807, 2.05) is 0 Å². The highest BCUT2D eigenvalue weighted by Crippen LogP contribution is 1.92. The molecule has 1 saturated heterocycles. The Bertz CT molecular complexity index is 322. The summed E-state index contributed by atoms with van der Waals surface area (Å²) >= 11 is 0. The fraction of sp³-hybridized carbons (Fsp3) is 0.889. The fourth-order valence-corrected chi connectivity index (χ4v) is 2.88. The van der Waals surface area contributed by atoms with Gasteiger partial charge >= 0.3 is 0 Å². The summed E-state index contributed by atoms with van der Waals surface area (Å²) in [7, 11) is -3.14. The molecule has 0 atom stereocenters. The van der Waals surface area contributed by atoms with Gasteiger partial charge in [0.05, 0.1) is 31.3 Å². The van der Waals surface area contributed by atoms with E-state index < -0.39 is 15.7 Å². The highest BCUT2D eigenvalue weighted by atomic mass is 32.2. The Kier molecular flexibility index (Phi) is 5.17. The van der Waals surface area contributed by atoms with Crippen LogP contribution in [0.15, 0.2) is 0 Å². The molecule has 0 aromatic heterocycles. The van der Waals surface area contributed by atoms with E-state index in [0.29, 0.717) is 19.8 Å². The second kappa shape index (κ2) is 6.17. The summed E-state index contributed by atoms with van der Waals surface area (Å²) in [6.07, 6.45) is -0.0826. The third-order valence-corrected chi connectivity index (χ3v) is 4.28. The van der Waals surface area contributed by atoms with Crippen molar-refractivity contribution in [1.29, 1.82) is 0 Å². The van der Waals surface area contributed by atoms with Crippen molar-refractivity contribution in [1.82, 2.24) is 0 Å². The number of hydrogen-bond acceptors (Lipinski definition) is 4. The predicted molar refractivity (Wildman–Crippen MR) is 58.8 cm³/mol. The summed E-state index contributed by atoms with van der Waals surface area (Å²) in [6.45, 7) is 3.68. The normalized spacial score (nSPS) is 18.5. The standard InChI is InChI=1S/C9H18N2O4S/c10-9(12)1-7-16(13,14)8-4-11-2-5-15-6-3-11/h1-8H2,(H2,10,12)/p+1. The van der Waals surface area contributed by atoms with Crippen molar-refractivity contribution >= 4 is 15.7 Å². The van der Waals surface area contributed by atoms with Crippen molar-refractivity contribution in [2.24, 2.45) is 5.73 Å². The van der Waals surface area contributed by atoms with Gasteiger partial charge < -0.3 is 15.4 Å². The third-order valence-electron chi connectivity index (χ3n) is 2.63. The lowest BCUT2D eigenvalue weighted by atomic mass is 10.4. The van der Waals surface area contributed by atoms with Crippen LogP contribution in [-0.4, -0.2) is 58.7 Å². The molecule has 1 aliphatic rings. The van der Waals surface area contributed by atoms with Gasteiger partial charge in [-0.15, -0.1) is 0 Å². The summed E-state index contributed by atoms with van der Waals surface area (Å²) in [5, 5.41) is 0. The van der Waals surface area contributed by atoms with E-state index in [-0.39, 0.29) is 17.9 Å². The quantitative estimate of drug-likeness (QED) is 0.533. The summed E-state index contributed by atoms with van der Waals surface area (Å²) in [5.74, 6) is -0.579. The molecule has 94 valence electrons. The highest BCUT2D eigenvalue weighted by Gasteiger charge is 2.18. The molecule has 1 aliphatic heterocycles. The van der Waals surface area contributed by atoms with E-state index in [9.17, 15) is 13.2 Å². The number of morpholine rings is 1. The van der Waals surface area contributed by atoms with Crippen LogP contribution in [-0.2, 0) is 19.4 Å². The van der Waals surface area contributed by atoms with Crippen molar-refractivity contribution < 1.29 is 22.8 Å². The zero-order chi connectivity index (χ0) is 12.0. The molecule has 1 heterocycles. The summed E-state index contributed by atoms with van der Waals surface area (Å²) < 4.78 is 28.2. The number of primary amides is 1. The Balaban J connectivity index is 2.26. The van der Waals surface area contributed by atoms with Gasteiger partial charge in [0.1, 0.15) is 13.1 Å². The molecule has 0 spiro atoms. The van der Waals surface area contributed by atoms with E-state index in [1.165, 1.54) is 4.90 Å². The molecule has 6 nitrogen and oxygen atoms in total. The molecule has 0 aromatic rings.